The van der Waals surface area contributed by atoms with Gasteiger partial charge in [0.05, 0.1) is 12.5 Å². The molecule has 0 fully saturated rings. The molecule has 0 saturated heterocycles. The van der Waals surface area contributed by atoms with Gasteiger partial charge < -0.3 is 10.6 Å². The Morgan fingerprint density at radius 2 is 2.06 bits per heavy atom. The van der Waals surface area contributed by atoms with Gasteiger partial charge >= 0.3 is 5.97 Å². The molecule has 7 nitrogen and oxygen atoms in total. The molecule has 0 spiro atoms. The van der Waals surface area contributed by atoms with Crippen molar-refractivity contribution in [2.45, 2.75) is 31.6 Å². The molecule has 0 aliphatic rings. The maximum Gasteiger partial charge on any atom is 0.306 e. The van der Waals surface area contributed by atoms with Crippen LogP contribution in [-0.4, -0.2) is 35.5 Å². The number of aromatic nitrogens is 1. The summed E-state index contributed by atoms with van der Waals surface area (Å²) in [5, 5.41) is 3.93. The summed E-state index contributed by atoms with van der Waals surface area (Å²) in [4.78, 5) is 15.2. The molecule has 0 aliphatic carbocycles. The highest BCUT2D eigenvalue weighted by Crippen LogP contribution is 2.42. The number of hydrogen-bond acceptors (Lipinski definition) is 6. The van der Waals surface area contributed by atoms with Crippen LogP contribution in [0.25, 0.3) is 0 Å². The number of alkyl halides is 2. The minimum atomic E-state index is -3.68. The average molecular weight is 441 g/mol. The zero-order valence-corrected chi connectivity index (χ0v) is 16.8. The fourth-order valence-electron chi connectivity index (χ4n) is 2.96. The molecule has 1 atom stereocenters. The number of nitrogens with zero attached hydrogens (tertiary/aromatic N) is 3. The van der Waals surface area contributed by atoms with Gasteiger partial charge in [-0.3, -0.25) is 14.8 Å². The van der Waals surface area contributed by atoms with E-state index < -0.39 is 47.2 Å². The van der Waals surface area contributed by atoms with E-state index >= 15 is 8.78 Å². The van der Waals surface area contributed by atoms with Crippen molar-refractivity contribution in [3.8, 4) is 0 Å². The molecule has 11 heteroatoms. The van der Waals surface area contributed by atoms with Crippen LogP contribution < -0.4 is 11.7 Å². The van der Waals surface area contributed by atoms with Gasteiger partial charge in [0.15, 0.2) is 0 Å². The van der Waals surface area contributed by atoms with Gasteiger partial charge in [-0.25, -0.2) is 14.6 Å². The van der Waals surface area contributed by atoms with Crippen LogP contribution in [0, 0.1) is 11.6 Å². The lowest BCUT2D eigenvalue weighted by Gasteiger charge is -2.29. The van der Waals surface area contributed by atoms with E-state index in [9.17, 15) is 13.6 Å². The van der Waals surface area contributed by atoms with Crippen molar-refractivity contribution in [2.24, 2.45) is 16.8 Å². The molecule has 31 heavy (non-hydrogen) atoms. The van der Waals surface area contributed by atoms with Gasteiger partial charge in [0.25, 0.3) is 5.92 Å². The monoisotopic (exact) mass is 441 g/mol. The quantitative estimate of drug-likeness (QED) is 0.147. The number of carbonyl (C=O) groups is 1. The lowest BCUT2D eigenvalue weighted by molar-refractivity contribution is -0.143. The molecule has 4 N–H and O–H groups in total. The summed E-state index contributed by atoms with van der Waals surface area (Å²) >= 11 is 0. The van der Waals surface area contributed by atoms with Crippen LogP contribution in [0.5, 0.6) is 0 Å². The first-order valence-electron chi connectivity index (χ1n) is 9.37. The molecule has 168 valence electrons. The maximum atomic E-state index is 15.4. The predicted octanol–water partition coefficient (Wildman–Crippen LogP) is 2.81. The third kappa shape index (κ3) is 6.38. The molecule has 2 rings (SSSR count). The van der Waals surface area contributed by atoms with Crippen molar-refractivity contribution < 1.29 is 27.1 Å². The summed E-state index contributed by atoms with van der Waals surface area (Å²) in [7, 11) is 0. The van der Waals surface area contributed by atoms with E-state index in [1.54, 1.807) is 6.92 Å². The number of halogens is 4. The second-order valence-electron chi connectivity index (χ2n) is 6.66. The normalized spacial score (nSPS) is 12.7. The van der Waals surface area contributed by atoms with Crippen molar-refractivity contribution in [1.29, 1.82) is 0 Å². The molecule has 2 aromatic rings. The molecule has 0 saturated carbocycles. The zero-order valence-electron chi connectivity index (χ0n) is 16.8. The first kappa shape index (κ1) is 24.1. The van der Waals surface area contributed by atoms with E-state index in [-0.39, 0.29) is 19.4 Å². The van der Waals surface area contributed by atoms with E-state index in [4.69, 9.17) is 16.4 Å². The molecule has 0 radical (unpaired) electrons. The van der Waals surface area contributed by atoms with Gasteiger partial charge in [-0.2, -0.15) is 13.9 Å². The molecule has 0 bridgehead atoms. The number of hydrazone groups is 1. The van der Waals surface area contributed by atoms with Crippen LogP contribution in [0.15, 0.2) is 41.6 Å². The van der Waals surface area contributed by atoms with Gasteiger partial charge in [0.1, 0.15) is 23.7 Å². The molecule has 0 amide bonds. The lowest BCUT2D eigenvalue weighted by atomic mass is 9.89. The molecule has 1 aromatic carbocycles. The van der Waals surface area contributed by atoms with E-state index in [1.807, 2.05) is 0 Å². The van der Waals surface area contributed by atoms with Crippen molar-refractivity contribution in [1.82, 2.24) is 9.99 Å². The van der Waals surface area contributed by atoms with Crippen LogP contribution in [0.3, 0.4) is 0 Å². The van der Waals surface area contributed by atoms with E-state index in [2.05, 4.69) is 10.1 Å². The largest absolute Gasteiger partial charge is 0.466 e. The minimum absolute atomic E-state index is 0.0786. The van der Waals surface area contributed by atoms with Crippen molar-refractivity contribution in [3.05, 3.63) is 65.0 Å². The highest BCUT2D eigenvalue weighted by molar-refractivity contribution is 5.69. The van der Waals surface area contributed by atoms with Crippen molar-refractivity contribution in [3.63, 3.8) is 0 Å². The summed E-state index contributed by atoms with van der Waals surface area (Å²) in [6.07, 6.45) is 2.45. The number of hydrazine groups is 1. The second-order valence-corrected chi connectivity index (χ2v) is 6.66. The minimum Gasteiger partial charge on any atom is -0.466 e. The second kappa shape index (κ2) is 10.7. The Morgan fingerprint density at radius 3 is 2.65 bits per heavy atom. The van der Waals surface area contributed by atoms with Crippen LogP contribution in [0.1, 0.15) is 36.1 Å². The number of ether oxygens (including phenoxy) is 1. The topological polar surface area (TPSA) is 107 Å². The Labute approximate surface area is 176 Å². The van der Waals surface area contributed by atoms with E-state index in [1.165, 1.54) is 12.3 Å². The summed E-state index contributed by atoms with van der Waals surface area (Å²) < 4.78 is 63.2. The van der Waals surface area contributed by atoms with Gasteiger partial charge in [0.2, 0.25) is 0 Å². The molecule has 1 aromatic heterocycles. The number of rotatable bonds is 10. The molecular weight excluding hydrogens is 418 g/mol. The molecular formula is C20H23F4N5O2. The van der Waals surface area contributed by atoms with Crippen molar-refractivity contribution in [2.75, 3.05) is 13.2 Å². The van der Waals surface area contributed by atoms with Gasteiger partial charge in [-0.05, 0) is 36.6 Å². The summed E-state index contributed by atoms with van der Waals surface area (Å²) in [5.41, 5.74) is -0.535. The highest BCUT2D eigenvalue weighted by atomic mass is 19.3. The summed E-state index contributed by atoms with van der Waals surface area (Å²) in [5.74, 6) is 2.63. The number of hydrogen-bond donors (Lipinski definition) is 2. The zero-order chi connectivity index (χ0) is 23.0. The third-order valence-electron chi connectivity index (χ3n) is 4.47. The SMILES string of the molecule is CCOC(=O)CCc1ccc(C(F)(F)C(CN(N)/C=N\N)c2ccc(F)cc2F)nc1. The average Bonchev–Trinajstić information content (AvgIpc) is 2.72. The summed E-state index contributed by atoms with van der Waals surface area (Å²) in [6, 6.07) is 4.82. The Balaban J connectivity index is 2.32. The van der Waals surface area contributed by atoms with Crippen LogP contribution in [0.2, 0.25) is 0 Å². The van der Waals surface area contributed by atoms with Crippen LogP contribution in [-0.2, 0) is 21.9 Å². The number of nitrogens with two attached hydrogens (primary N) is 2. The number of carbonyl (C=O) groups excluding carboxylic acids is 1. The highest BCUT2D eigenvalue weighted by Gasteiger charge is 2.45. The fourth-order valence-corrected chi connectivity index (χ4v) is 2.96. The standard InChI is InChI=1S/C20H23F4N5O2/c1-2-31-19(30)8-4-13-3-7-18(27-10-13)20(23,24)16(11-29(26)12-28-25)15-6-5-14(21)9-17(15)22/h3,5-7,9-10,12,16H,2,4,8,11,25-26H2,1H3/b28-12-. The maximum absolute atomic E-state index is 15.4. The van der Waals surface area contributed by atoms with Crippen LogP contribution in [0.4, 0.5) is 17.6 Å². The van der Waals surface area contributed by atoms with Gasteiger partial charge in [-0.1, -0.05) is 12.1 Å². The molecule has 1 unspecified atom stereocenters. The van der Waals surface area contributed by atoms with E-state index in [0.717, 1.165) is 29.5 Å². The third-order valence-corrected chi connectivity index (χ3v) is 4.47. The number of esters is 1. The first-order valence-corrected chi connectivity index (χ1v) is 9.37. The Kier molecular flexibility index (Phi) is 8.31. The van der Waals surface area contributed by atoms with Gasteiger partial charge in [0, 0.05) is 25.2 Å². The molecule has 0 aliphatic heterocycles. The fraction of sp³-hybridized carbons (Fsp3) is 0.350. The Bertz CT molecular complexity index is 909. The van der Waals surface area contributed by atoms with Gasteiger partial charge in [-0.15, -0.1) is 0 Å². The number of aryl methyl sites for hydroxylation is 1. The number of benzene rings is 1. The van der Waals surface area contributed by atoms with Crippen LogP contribution >= 0.6 is 0 Å². The predicted molar refractivity (Wildman–Crippen MR) is 106 cm³/mol. The van der Waals surface area contributed by atoms with Crippen molar-refractivity contribution >= 4 is 12.3 Å². The Hall–Kier alpha value is -3.21. The Morgan fingerprint density at radius 1 is 1.32 bits per heavy atom. The smallest absolute Gasteiger partial charge is 0.306 e. The summed E-state index contributed by atoms with van der Waals surface area (Å²) in [6.45, 7) is 1.34. The van der Waals surface area contributed by atoms with E-state index in [0.29, 0.717) is 11.6 Å². The number of pyridine rings is 1. The molecule has 1 heterocycles. The first-order chi connectivity index (χ1) is 14.7. The lowest BCUT2D eigenvalue weighted by Crippen LogP contribution is -2.40.